The van der Waals surface area contributed by atoms with E-state index in [1.54, 1.807) is 6.92 Å². The van der Waals surface area contributed by atoms with Crippen LogP contribution in [-0.4, -0.2) is 42.9 Å². The molecule has 1 saturated heterocycles. The maximum Gasteiger partial charge on any atom is 0.318 e. The quantitative estimate of drug-likeness (QED) is 0.865. The first-order valence-electron chi connectivity index (χ1n) is 6.30. The molecule has 1 aromatic carbocycles. The van der Waals surface area contributed by atoms with E-state index >= 15 is 0 Å². The second-order valence-electron chi connectivity index (χ2n) is 4.87. The van der Waals surface area contributed by atoms with Crippen molar-refractivity contribution in [3.05, 3.63) is 27.2 Å². The molecule has 1 atom stereocenters. The van der Waals surface area contributed by atoms with E-state index in [4.69, 9.17) is 39.9 Å². The summed E-state index contributed by atoms with van der Waals surface area (Å²) in [6.07, 6.45) is 0.446. The van der Waals surface area contributed by atoms with E-state index in [0.29, 0.717) is 6.42 Å². The molecule has 0 radical (unpaired) electrons. The van der Waals surface area contributed by atoms with Crippen molar-refractivity contribution in [2.75, 3.05) is 17.4 Å². The van der Waals surface area contributed by atoms with Crippen LogP contribution in [-0.2, 0) is 15.0 Å². The van der Waals surface area contributed by atoms with Crippen molar-refractivity contribution in [2.24, 2.45) is 0 Å². The van der Waals surface area contributed by atoms with Gasteiger partial charge in [0.15, 0.2) is 0 Å². The minimum Gasteiger partial charge on any atom is -0.480 e. The molecule has 1 heterocycles. The lowest BCUT2D eigenvalue weighted by Crippen LogP contribution is -2.55. The Morgan fingerprint density at radius 2 is 1.86 bits per heavy atom. The molecule has 0 bridgehead atoms. The number of halogens is 3. The van der Waals surface area contributed by atoms with Crippen molar-refractivity contribution in [1.82, 2.24) is 4.31 Å². The van der Waals surface area contributed by atoms with Crippen LogP contribution < -0.4 is 4.31 Å². The number of carboxylic acids is 1. The third-order valence-electron chi connectivity index (χ3n) is 3.34. The largest absolute Gasteiger partial charge is 0.480 e. The van der Waals surface area contributed by atoms with Gasteiger partial charge in [0.05, 0.1) is 15.7 Å². The lowest BCUT2D eigenvalue weighted by Gasteiger charge is -2.39. The van der Waals surface area contributed by atoms with Crippen LogP contribution in [0.1, 0.15) is 13.3 Å². The van der Waals surface area contributed by atoms with Crippen molar-refractivity contribution >= 4 is 56.7 Å². The number of benzene rings is 1. The lowest BCUT2D eigenvalue weighted by atomic mass is 10.2. The van der Waals surface area contributed by atoms with Crippen molar-refractivity contribution in [3.63, 3.8) is 0 Å². The Morgan fingerprint density at radius 3 is 2.36 bits per heavy atom. The molecule has 0 aliphatic carbocycles. The van der Waals surface area contributed by atoms with Gasteiger partial charge in [-0.1, -0.05) is 34.8 Å². The Bertz CT molecular complexity index is 687. The van der Waals surface area contributed by atoms with Crippen molar-refractivity contribution in [3.8, 4) is 0 Å². The maximum atomic E-state index is 12.7. The summed E-state index contributed by atoms with van der Waals surface area (Å²) in [5, 5.41) is 9.38. The zero-order valence-electron chi connectivity index (χ0n) is 11.5. The highest BCUT2D eigenvalue weighted by molar-refractivity contribution is 7.90. The molecule has 0 aromatic heterocycles. The summed E-state index contributed by atoms with van der Waals surface area (Å²) in [6.45, 7) is 1.19. The van der Waals surface area contributed by atoms with E-state index in [-0.39, 0.29) is 27.3 Å². The van der Waals surface area contributed by atoms with Gasteiger partial charge >= 0.3 is 16.2 Å². The number of hydrogen-bond donors (Lipinski definition) is 1. The molecule has 1 aromatic rings. The minimum absolute atomic E-state index is 0.0888. The molecule has 1 aliphatic rings. The fourth-order valence-electron chi connectivity index (χ4n) is 2.29. The van der Waals surface area contributed by atoms with Crippen molar-refractivity contribution in [2.45, 2.75) is 19.4 Å². The average molecular weight is 388 g/mol. The van der Waals surface area contributed by atoms with Gasteiger partial charge in [-0.2, -0.15) is 12.7 Å². The molecule has 1 fully saturated rings. The molecule has 1 unspecified atom stereocenters. The van der Waals surface area contributed by atoms with E-state index in [2.05, 4.69) is 0 Å². The van der Waals surface area contributed by atoms with Gasteiger partial charge in [-0.05, 0) is 25.5 Å². The zero-order chi connectivity index (χ0) is 16.7. The first-order chi connectivity index (χ1) is 10.1. The molecule has 10 heteroatoms. The van der Waals surface area contributed by atoms with Gasteiger partial charge in [0.1, 0.15) is 6.54 Å². The lowest BCUT2D eigenvalue weighted by molar-refractivity contribution is -0.137. The number of nitrogens with zero attached hydrogens (tertiary/aromatic N) is 2. The van der Waals surface area contributed by atoms with Gasteiger partial charge in [0.2, 0.25) is 0 Å². The van der Waals surface area contributed by atoms with Crippen molar-refractivity contribution < 1.29 is 18.3 Å². The highest BCUT2D eigenvalue weighted by atomic mass is 35.5. The summed E-state index contributed by atoms with van der Waals surface area (Å²) in [5.74, 6) is -1.23. The summed E-state index contributed by atoms with van der Waals surface area (Å²) in [5.41, 5.74) is 0.107. The van der Waals surface area contributed by atoms with Crippen LogP contribution in [0.2, 0.25) is 15.1 Å². The summed E-state index contributed by atoms with van der Waals surface area (Å²) < 4.78 is 27.3. The minimum atomic E-state index is -4.05. The molecule has 22 heavy (non-hydrogen) atoms. The molecule has 2 rings (SSSR count). The van der Waals surface area contributed by atoms with Gasteiger partial charge in [0, 0.05) is 17.6 Å². The van der Waals surface area contributed by atoms with Gasteiger partial charge in [-0.15, -0.1) is 0 Å². The molecule has 0 saturated carbocycles. The van der Waals surface area contributed by atoms with Gasteiger partial charge in [-0.25, -0.2) is 0 Å². The Labute approximate surface area is 143 Å². The van der Waals surface area contributed by atoms with Crippen LogP contribution in [0.25, 0.3) is 0 Å². The smallest absolute Gasteiger partial charge is 0.318 e. The van der Waals surface area contributed by atoms with Crippen LogP contribution >= 0.6 is 34.8 Å². The molecule has 0 amide bonds. The summed E-state index contributed by atoms with van der Waals surface area (Å²) in [7, 11) is -4.05. The highest BCUT2D eigenvalue weighted by Gasteiger charge is 2.40. The van der Waals surface area contributed by atoms with Gasteiger partial charge in [0.25, 0.3) is 0 Å². The van der Waals surface area contributed by atoms with E-state index < -0.39 is 28.8 Å². The Hall–Kier alpha value is -0.730. The number of anilines is 1. The maximum absolute atomic E-state index is 12.7. The second kappa shape index (κ2) is 6.41. The number of aliphatic carboxylic acids is 1. The number of rotatable bonds is 3. The molecule has 6 nitrogen and oxygen atoms in total. The topological polar surface area (TPSA) is 77.9 Å². The molecule has 122 valence electrons. The summed E-state index contributed by atoms with van der Waals surface area (Å²) >= 11 is 18.0. The molecular weight excluding hydrogens is 375 g/mol. The van der Waals surface area contributed by atoms with E-state index in [1.807, 2.05) is 0 Å². The molecular formula is C12H13Cl3N2O4S. The first-order valence-corrected chi connectivity index (χ1v) is 8.83. The molecule has 1 N–H and O–H groups in total. The predicted molar refractivity (Wildman–Crippen MR) is 86.2 cm³/mol. The number of hydrogen-bond acceptors (Lipinski definition) is 3. The zero-order valence-corrected chi connectivity index (χ0v) is 14.5. The van der Waals surface area contributed by atoms with Crippen LogP contribution in [0.4, 0.5) is 5.69 Å². The second-order valence-corrected chi connectivity index (χ2v) is 7.93. The van der Waals surface area contributed by atoms with Crippen LogP contribution in [0.15, 0.2) is 12.1 Å². The van der Waals surface area contributed by atoms with E-state index in [0.717, 1.165) is 8.61 Å². The SMILES string of the molecule is CC1CCN(c2c(Cl)cc(Cl)cc2Cl)S(=O)(=O)N1CC(=O)O. The number of carbonyl (C=O) groups is 1. The summed E-state index contributed by atoms with van der Waals surface area (Å²) in [4.78, 5) is 10.9. The Morgan fingerprint density at radius 1 is 1.32 bits per heavy atom. The third kappa shape index (κ3) is 3.28. The van der Waals surface area contributed by atoms with Crippen molar-refractivity contribution in [1.29, 1.82) is 0 Å². The van der Waals surface area contributed by atoms with Crippen LogP contribution in [0.3, 0.4) is 0 Å². The third-order valence-corrected chi connectivity index (χ3v) is 6.14. The predicted octanol–water partition coefficient (Wildman–Crippen LogP) is 2.88. The van der Waals surface area contributed by atoms with Crippen LogP contribution in [0, 0.1) is 0 Å². The molecule has 1 aliphatic heterocycles. The van der Waals surface area contributed by atoms with E-state index in [1.165, 1.54) is 12.1 Å². The molecule has 0 spiro atoms. The van der Waals surface area contributed by atoms with Gasteiger partial charge < -0.3 is 5.11 Å². The average Bonchev–Trinajstić information content (AvgIpc) is 2.36. The fraction of sp³-hybridized carbons (Fsp3) is 0.417. The van der Waals surface area contributed by atoms with E-state index in [9.17, 15) is 13.2 Å². The highest BCUT2D eigenvalue weighted by Crippen LogP contribution is 2.40. The fourth-order valence-corrected chi connectivity index (χ4v) is 5.26. The van der Waals surface area contributed by atoms with Crippen LogP contribution in [0.5, 0.6) is 0 Å². The first kappa shape index (κ1) is 17.6. The number of carboxylic acid groups (broad SMARTS) is 1. The Balaban J connectivity index is 2.51. The normalized spacial score (nSPS) is 21.8. The standard InChI is InChI=1S/C12H13Cl3N2O4S/c1-7-2-3-16(22(20,21)17(7)6-11(18)19)12-9(14)4-8(13)5-10(12)15/h4-5,7H,2-3,6H2,1H3,(H,18,19). The summed E-state index contributed by atoms with van der Waals surface area (Å²) in [6, 6.07) is 2.35. The monoisotopic (exact) mass is 386 g/mol. The Kier molecular flexibility index (Phi) is 5.13. The van der Waals surface area contributed by atoms with Gasteiger partial charge in [-0.3, -0.25) is 9.10 Å².